The van der Waals surface area contributed by atoms with Crippen molar-refractivity contribution in [2.75, 3.05) is 7.11 Å². The molecule has 0 fully saturated rings. The normalized spacial score (nSPS) is 10.2. The number of hydroxylamine groups is 2. The van der Waals surface area contributed by atoms with Crippen LogP contribution in [0.15, 0.2) is 0 Å². The van der Waals surface area contributed by atoms with Crippen molar-refractivity contribution >= 4 is 23.2 Å². The van der Waals surface area contributed by atoms with E-state index in [1.165, 1.54) is 7.11 Å². The highest BCUT2D eigenvalue weighted by atomic mass is 32.1. The molecule has 0 radical (unpaired) electrons. The molecule has 0 spiro atoms. The van der Waals surface area contributed by atoms with Crippen molar-refractivity contribution in [2.24, 2.45) is 0 Å². The van der Waals surface area contributed by atoms with Crippen LogP contribution in [0.4, 0.5) is 0 Å². The van der Waals surface area contributed by atoms with E-state index in [1.807, 2.05) is 13.8 Å². The molecule has 0 bridgehead atoms. The number of nitrogens with zero attached hydrogens (tertiary/aromatic N) is 1. The summed E-state index contributed by atoms with van der Waals surface area (Å²) in [4.78, 5) is 11.3. The minimum atomic E-state index is -0.203. The lowest BCUT2D eigenvalue weighted by Crippen LogP contribution is -2.32. The first kappa shape index (κ1) is 14.3. The summed E-state index contributed by atoms with van der Waals surface area (Å²) >= 11 is 5.02. The Balaban J connectivity index is 3.60. The standard InChI is InChI=1S/C10H19NO3S/c1-8(2)11(13)9(15)6-4-5-7-10(12)14-3/h8,13H,4-7H2,1-3H3. The molecule has 0 amide bonds. The zero-order valence-corrected chi connectivity index (χ0v) is 10.3. The van der Waals surface area contributed by atoms with Crippen LogP contribution in [-0.4, -0.2) is 34.4 Å². The van der Waals surface area contributed by atoms with Gasteiger partial charge in [-0.05, 0) is 26.7 Å². The number of carbonyl (C=O) groups is 1. The summed E-state index contributed by atoms with van der Waals surface area (Å²) in [6.07, 6.45) is 2.56. The molecule has 1 N–H and O–H groups in total. The van der Waals surface area contributed by atoms with Crippen molar-refractivity contribution in [1.82, 2.24) is 5.06 Å². The molecule has 0 aromatic carbocycles. The van der Waals surface area contributed by atoms with Crippen molar-refractivity contribution in [3.63, 3.8) is 0 Å². The summed E-state index contributed by atoms with van der Waals surface area (Å²) < 4.78 is 4.51. The first-order chi connectivity index (χ1) is 6.99. The van der Waals surface area contributed by atoms with E-state index in [2.05, 4.69) is 4.74 Å². The van der Waals surface area contributed by atoms with Crippen molar-refractivity contribution in [2.45, 2.75) is 45.6 Å². The fraction of sp³-hybridized carbons (Fsp3) is 0.800. The lowest BCUT2D eigenvalue weighted by molar-refractivity contribution is -0.140. The van der Waals surface area contributed by atoms with Crippen molar-refractivity contribution < 1.29 is 14.7 Å². The van der Waals surface area contributed by atoms with E-state index >= 15 is 0 Å². The molecule has 0 atom stereocenters. The second-order valence-corrected chi connectivity index (χ2v) is 4.09. The van der Waals surface area contributed by atoms with E-state index in [9.17, 15) is 10.0 Å². The summed E-state index contributed by atoms with van der Waals surface area (Å²) in [5.41, 5.74) is 0. The Labute approximate surface area is 96.2 Å². The average Bonchev–Trinajstić information content (AvgIpc) is 2.22. The number of hydrogen-bond donors (Lipinski definition) is 1. The maximum Gasteiger partial charge on any atom is 0.305 e. The summed E-state index contributed by atoms with van der Waals surface area (Å²) in [7, 11) is 1.38. The number of methoxy groups -OCH3 is 1. The van der Waals surface area contributed by atoms with Crippen molar-refractivity contribution in [3.05, 3.63) is 0 Å². The maximum atomic E-state index is 10.8. The second kappa shape index (κ2) is 7.59. The van der Waals surface area contributed by atoms with Crippen LogP contribution in [0.2, 0.25) is 0 Å². The lowest BCUT2D eigenvalue weighted by atomic mass is 10.2. The Morgan fingerprint density at radius 3 is 2.40 bits per heavy atom. The molecule has 0 heterocycles. The zero-order chi connectivity index (χ0) is 11.8. The highest BCUT2D eigenvalue weighted by Crippen LogP contribution is 2.06. The molecule has 5 heteroatoms. The summed E-state index contributed by atoms with van der Waals surface area (Å²) in [6.45, 7) is 3.72. The molecule has 0 saturated heterocycles. The van der Waals surface area contributed by atoms with E-state index < -0.39 is 0 Å². The number of hydrogen-bond acceptors (Lipinski definition) is 4. The van der Waals surface area contributed by atoms with Gasteiger partial charge in [0, 0.05) is 12.8 Å². The highest BCUT2D eigenvalue weighted by molar-refractivity contribution is 7.80. The number of esters is 1. The molecule has 0 aliphatic rings. The number of unbranched alkanes of at least 4 members (excludes halogenated alkanes) is 1. The second-order valence-electron chi connectivity index (χ2n) is 3.62. The number of rotatable bonds is 6. The van der Waals surface area contributed by atoms with Gasteiger partial charge < -0.3 is 4.74 Å². The minimum Gasteiger partial charge on any atom is -0.469 e. The predicted octanol–water partition coefficient (Wildman–Crippen LogP) is 2.15. The first-order valence-electron chi connectivity index (χ1n) is 5.06. The molecule has 0 aromatic heterocycles. The summed E-state index contributed by atoms with van der Waals surface area (Å²) in [5, 5.41) is 10.5. The summed E-state index contributed by atoms with van der Waals surface area (Å²) in [5.74, 6) is -0.203. The molecule has 0 aromatic rings. The van der Waals surface area contributed by atoms with Crippen LogP contribution in [-0.2, 0) is 9.53 Å². The SMILES string of the molecule is COC(=O)CCCCC(=S)N(O)C(C)C. The van der Waals surface area contributed by atoms with E-state index in [-0.39, 0.29) is 12.0 Å². The first-order valence-corrected chi connectivity index (χ1v) is 5.47. The van der Waals surface area contributed by atoms with Gasteiger partial charge in [0.25, 0.3) is 0 Å². The highest BCUT2D eigenvalue weighted by Gasteiger charge is 2.09. The molecule has 15 heavy (non-hydrogen) atoms. The fourth-order valence-corrected chi connectivity index (χ4v) is 1.41. The molecule has 88 valence electrons. The Bertz CT molecular complexity index is 219. The van der Waals surface area contributed by atoms with Crippen molar-refractivity contribution in [1.29, 1.82) is 0 Å². The topological polar surface area (TPSA) is 49.8 Å². The Morgan fingerprint density at radius 1 is 1.40 bits per heavy atom. The van der Waals surface area contributed by atoms with Gasteiger partial charge in [0.15, 0.2) is 0 Å². The minimum absolute atomic E-state index is 0.00175. The van der Waals surface area contributed by atoms with Gasteiger partial charge in [0.1, 0.15) is 4.99 Å². The molecule has 0 aliphatic carbocycles. The molecule has 0 saturated carbocycles. The van der Waals surface area contributed by atoms with Gasteiger partial charge in [-0.1, -0.05) is 12.2 Å². The van der Waals surface area contributed by atoms with E-state index in [1.54, 1.807) is 0 Å². The Morgan fingerprint density at radius 2 is 1.93 bits per heavy atom. The van der Waals surface area contributed by atoms with Gasteiger partial charge in [-0.3, -0.25) is 10.0 Å². The smallest absolute Gasteiger partial charge is 0.305 e. The van der Waals surface area contributed by atoms with Gasteiger partial charge in [-0.25, -0.2) is 5.06 Å². The van der Waals surface area contributed by atoms with Crippen LogP contribution in [0.5, 0.6) is 0 Å². The number of ether oxygens (including phenoxy) is 1. The molecular weight excluding hydrogens is 214 g/mol. The maximum absolute atomic E-state index is 10.8. The fourth-order valence-electron chi connectivity index (χ4n) is 1.05. The third-order valence-electron chi connectivity index (χ3n) is 1.99. The van der Waals surface area contributed by atoms with Crippen molar-refractivity contribution in [3.8, 4) is 0 Å². The molecule has 0 unspecified atom stereocenters. The van der Waals surface area contributed by atoms with E-state index in [4.69, 9.17) is 12.2 Å². The number of carbonyl (C=O) groups excluding carboxylic acids is 1. The molecule has 4 nitrogen and oxygen atoms in total. The Kier molecular flexibility index (Phi) is 7.25. The quantitative estimate of drug-likeness (QED) is 0.330. The summed E-state index contributed by atoms with van der Waals surface area (Å²) in [6, 6.07) is -0.00175. The van der Waals surface area contributed by atoms with Crippen LogP contribution < -0.4 is 0 Å². The lowest BCUT2D eigenvalue weighted by Gasteiger charge is -2.21. The number of thiocarbonyl (C=S) groups is 1. The molecular formula is C10H19NO3S. The third-order valence-corrected chi connectivity index (χ3v) is 2.39. The zero-order valence-electron chi connectivity index (χ0n) is 9.52. The van der Waals surface area contributed by atoms with Crippen LogP contribution in [0.1, 0.15) is 39.5 Å². The average molecular weight is 233 g/mol. The van der Waals surface area contributed by atoms with Gasteiger partial charge in [-0.15, -0.1) is 0 Å². The van der Waals surface area contributed by atoms with Crippen LogP contribution >= 0.6 is 12.2 Å². The van der Waals surface area contributed by atoms with Gasteiger partial charge >= 0.3 is 5.97 Å². The van der Waals surface area contributed by atoms with E-state index in [0.717, 1.165) is 17.9 Å². The largest absolute Gasteiger partial charge is 0.469 e. The van der Waals surface area contributed by atoms with Crippen LogP contribution in [0.25, 0.3) is 0 Å². The van der Waals surface area contributed by atoms with Crippen LogP contribution in [0.3, 0.4) is 0 Å². The van der Waals surface area contributed by atoms with Gasteiger partial charge in [0.2, 0.25) is 0 Å². The monoisotopic (exact) mass is 233 g/mol. The van der Waals surface area contributed by atoms with E-state index in [0.29, 0.717) is 17.8 Å². The predicted molar refractivity (Wildman–Crippen MR) is 61.8 cm³/mol. The van der Waals surface area contributed by atoms with Crippen LogP contribution in [0, 0.1) is 0 Å². The molecule has 0 aliphatic heterocycles. The Hall–Kier alpha value is -0.680. The van der Waals surface area contributed by atoms with Gasteiger partial charge in [0.05, 0.1) is 13.2 Å². The van der Waals surface area contributed by atoms with Gasteiger partial charge in [-0.2, -0.15) is 0 Å². The molecule has 0 rings (SSSR count). The third kappa shape index (κ3) is 6.41.